The highest BCUT2D eigenvalue weighted by Gasteiger charge is 2.42. The quantitative estimate of drug-likeness (QED) is 0.709. The smallest absolute Gasteiger partial charge is 0.298 e. The highest BCUT2D eigenvalue weighted by Crippen LogP contribution is 2.37. The van der Waals surface area contributed by atoms with Gasteiger partial charge in [0.2, 0.25) is 0 Å². The van der Waals surface area contributed by atoms with Gasteiger partial charge in [0.05, 0.1) is 6.10 Å². The molecule has 1 aromatic carbocycles. The maximum Gasteiger partial charge on any atom is 0.298 e. The average Bonchev–Trinajstić information content (AvgIpc) is 3.00. The molecule has 1 aliphatic carbocycles. The van der Waals surface area contributed by atoms with Crippen molar-refractivity contribution in [2.75, 3.05) is 13.1 Å². The van der Waals surface area contributed by atoms with Gasteiger partial charge in [-0.25, -0.2) is 0 Å². The Morgan fingerprint density at radius 3 is 2.74 bits per heavy atom. The lowest BCUT2D eigenvalue weighted by Crippen LogP contribution is -2.29. The predicted molar refractivity (Wildman–Crippen MR) is 72.1 cm³/mol. The maximum absolute atomic E-state index is 12.0. The van der Waals surface area contributed by atoms with Crippen LogP contribution in [-0.4, -0.2) is 35.1 Å². The number of likely N-dealkylation sites (tertiary alicyclic amines) is 1. The van der Waals surface area contributed by atoms with Gasteiger partial charge in [-0.15, -0.1) is 0 Å². The first kappa shape index (κ1) is 12.3. The monoisotopic (exact) mass is 255 g/mol. The van der Waals surface area contributed by atoms with E-state index in [2.05, 4.69) is 11.8 Å². The van der Waals surface area contributed by atoms with E-state index in [-0.39, 0.29) is 17.9 Å². The van der Waals surface area contributed by atoms with E-state index < -0.39 is 0 Å². The standard InChI is InChI=1S/C16H17NO2/c18-15-8-7-13-10-17(11-14(13)15)16(19)9-6-12-4-2-1-3-5-12/h1-5,13-15,18H,7-8,10-11H2. The first-order valence-corrected chi connectivity index (χ1v) is 6.78. The van der Waals surface area contributed by atoms with Crippen LogP contribution in [0.2, 0.25) is 0 Å². The number of nitrogens with zero attached hydrogens (tertiary/aromatic N) is 1. The van der Waals surface area contributed by atoms with Crippen molar-refractivity contribution in [2.24, 2.45) is 11.8 Å². The highest BCUT2D eigenvalue weighted by atomic mass is 16.3. The van der Waals surface area contributed by atoms with Crippen LogP contribution >= 0.6 is 0 Å². The zero-order valence-corrected chi connectivity index (χ0v) is 10.7. The third-order valence-corrected chi connectivity index (χ3v) is 4.19. The summed E-state index contributed by atoms with van der Waals surface area (Å²) in [6, 6.07) is 9.53. The van der Waals surface area contributed by atoms with Crippen molar-refractivity contribution in [3.8, 4) is 11.8 Å². The molecule has 3 atom stereocenters. The second kappa shape index (κ2) is 5.07. The fourth-order valence-corrected chi connectivity index (χ4v) is 3.13. The molecule has 0 radical (unpaired) electrons. The Hall–Kier alpha value is -1.79. The largest absolute Gasteiger partial charge is 0.393 e. The SMILES string of the molecule is O=C(C#Cc1ccccc1)N1CC2CCC(O)C2C1. The molecule has 3 rings (SSSR count). The Morgan fingerprint density at radius 1 is 1.21 bits per heavy atom. The van der Waals surface area contributed by atoms with Crippen molar-refractivity contribution in [3.63, 3.8) is 0 Å². The first-order valence-electron chi connectivity index (χ1n) is 6.78. The van der Waals surface area contributed by atoms with Crippen molar-refractivity contribution >= 4 is 5.91 Å². The number of aliphatic hydroxyl groups excluding tert-OH is 1. The molecular formula is C16H17NO2. The molecule has 0 aromatic heterocycles. The van der Waals surface area contributed by atoms with Gasteiger partial charge < -0.3 is 10.0 Å². The zero-order chi connectivity index (χ0) is 13.2. The number of fused-ring (bicyclic) bond motifs is 1. The highest BCUT2D eigenvalue weighted by molar-refractivity contribution is 5.94. The number of rotatable bonds is 0. The Labute approximate surface area is 113 Å². The predicted octanol–water partition coefficient (Wildman–Crippen LogP) is 1.27. The summed E-state index contributed by atoms with van der Waals surface area (Å²) in [6.07, 6.45) is 1.68. The Bertz CT molecular complexity index is 529. The number of aliphatic hydroxyl groups is 1. The van der Waals surface area contributed by atoms with Gasteiger partial charge in [0.1, 0.15) is 0 Å². The lowest BCUT2D eigenvalue weighted by molar-refractivity contribution is -0.124. The van der Waals surface area contributed by atoms with E-state index in [1.54, 1.807) is 4.90 Å². The second-order valence-electron chi connectivity index (χ2n) is 5.39. The number of amides is 1. The molecular weight excluding hydrogens is 238 g/mol. The van der Waals surface area contributed by atoms with Gasteiger partial charge in [-0.3, -0.25) is 4.79 Å². The second-order valence-corrected chi connectivity index (χ2v) is 5.39. The van der Waals surface area contributed by atoms with Gasteiger partial charge in [0.15, 0.2) is 0 Å². The molecule has 19 heavy (non-hydrogen) atoms. The molecule has 2 fully saturated rings. The van der Waals surface area contributed by atoms with Crippen LogP contribution in [0.4, 0.5) is 0 Å². The fraction of sp³-hybridized carbons (Fsp3) is 0.438. The molecule has 1 saturated carbocycles. The number of carbonyl (C=O) groups excluding carboxylic acids is 1. The molecule has 1 aliphatic heterocycles. The van der Waals surface area contributed by atoms with Crippen LogP contribution in [0.5, 0.6) is 0 Å². The van der Waals surface area contributed by atoms with Gasteiger partial charge in [-0.05, 0) is 30.9 Å². The van der Waals surface area contributed by atoms with Crippen molar-refractivity contribution in [2.45, 2.75) is 18.9 Å². The molecule has 3 heteroatoms. The van der Waals surface area contributed by atoms with E-state index in [1.165, 1.54) is 0 Å². The lowest BCUT2D eigenvalue weighted by Gasteiger charge is -2.15. The fourth-order valence-electron chi connectivity index (χ4n) is 3.13. The molecule has 3 nitrogen and oxygen atoms in total. The molecule has 1 N–H and O–H groups in total. The molecule has 1 aromatic rings. The van der Waals surface area contributed by atoms with E-state index in [1.807, 2.05) is 30.3 Å². The van der Waals surface area contributed by atoms with Crippen molar-refractivity contribution in [3.05, 3.63) is 35.9 Å². The van der Waals surface area contributed by atoms with Crippen LogP contribution in [0.3, 0.4) is 0 Å². The van der Waals surface area contributed by atoms with Crippen LogP contribution in [0, 0.1) is 23.7 Å². The summed E-state index contributed by atoms with van der Waals surface area (Å²) >= 11 is 0. The Morgan fingerprint density at radius 2 is 2.00 bits per heavy atom. The minimum Gasteiger partial charge on any atom is -0.393 e. The molecule has 3 unspecified atom stereocenters. The van der Waals surface area contributed by atoms with Crippen LogP contribution in [-0.2, 0) is 4.79 Å². The molecule has 0 spiro atoms. The summed E-state index contributed by atoms with van der Waals surface area (Å²) in [7, 11) is 0. The molecule has 2 aliphatic rings. The third-order valence-electron chi connectivity index (χ3n) is 4.19. The molecule has 0 bridgehead atoms. The molecule has 98 valence electrons. The minimum atomic E-state index is -0.232. The number of hydrogen-bond acceptors (Lipinski definition) is 2. The van der Waals surface area contributed by atoms with Crippen LogP contribution in [0.25, 0.3) is 0 Å². The number of carbonyl (C=O) groups is 1. The van der Waals surface area contributed by atoms with Crippen LogP contribution < -0.4 is 0 Å². The minimum absolute atomic E-state index is 0.120. The van der Waals surface area contributed by atoms with E-state index in [0.717, 1.165) is 24.9 Å². The van der Waals surface area contributed by atoms with Gasteiger partial charge in [-0.1, -0.05) is 24.1 Å². The summed E-state index contributed by atoms with van der Waals surface area (Å²) in [5, 5.41) is 9.83. The van der Waals surface area contributed by atoms with E-state index in [9.17, 15) is 9.90 Å². The normalized spacial score (nSPS) is 28.7. The van der Waals surface area contributed by atoms with E-state index >= 15 is 0 Å². The summed E-state index contributed by atoms with van der Waals surface area (Å²) in [6.45, 7) is 1.41. The maximum atomic E-state index is 12.0. The van der Waals surface area contributed by atoms with Crippen LogP contribution in [0.15, 0.2) is 30.3 Å². The Kier molecular flexibility index (Phi) is 3.27. The van der Waals surface area contributed by atoms with E-state index in [0.29, 0.717) is 12.5 Å². The van der Waals surface area contributed by atoms with Gasteiger partial charge in [0, 0.05) is 30.5 Å². The summed E-state index contributed by atoms with van der Waals surface area (Å²) in [4.78, 5) is 13.8. The molecule has 1 amide bonds. The van der Waals surface area contributed by atoms with Crippen LogP contribution in [0.1, 0.15) is 18.4 Å². The first-order chi connectivity index (χ1) is 9.24. The summed E-state index contributed by atoms with van der Waals surface area (Å²) < 4.78 is 0. The molecule has 1 heterocycles. The number of hydrogen-bond donors (Lipinski definition) is 1. The third kappa shape index (κ3) is 2.50. The Balaban J connectivity index is 1.65. The van der Waals surface area contributed by atoms with Gasteiger partial charge >= 0.3 is 0 Å². The van der Waals surface area contributed by atoms with Crippen molar-refractivity contribution in [1.82, 2.24) is 4.90 Å². The number of benzene rings is 1. The van der Waals surface area contributed by atoms with Gasteiger partial charge in [-0.2, -0.15) is 0 Å². The summed E-state index contributed by atoms with van der Waals surface area (Å²) in [5.74, 6) is 6.21. The van der Waals surface area contributed by atoms with E-state index in [4.69, 9.17) is 0 Å². The lowest BCUT2D eigenvalue weighted by atomic mass is 10.00. The average molecular weight is 255 g/mol. The van der Waals surface area contributed by atoms with Crippen molar-refractivity contribution < 1.29 is 9.90 Å². The van der Waals surface area contributed by atoms with Crippen molar-refractivity contribution in [1.29, 1.82) is 0 Å². The van der Waals surface area contributed by atoms with Gasteiger partial charge in [0.25, 0.3) is 5.91 Å². The summed E-state index contributed by atoms with van der Waals surface area (Å²) in [5.41, 5.74) is 0.857. The molecule has 1 saturated heterocycles. The zero-order valence-electron chi connectivity index (χ0n) is 10.7. The topological polar surface area (TPSA) is 40.5 Å².